The Hall–Kier alpha value is -3.32. The molecule has 0 saturated heterocycles. The monoisotopic (exact) mass is 449 g/mol. The molecule has 4 rings (SSSR count). The summed E-state index contributed by atoms with van der Waals surface area (Å²) in [5, 5.41) is 7.10. The molecule has 7 heteroatoms. The number of ketones is 1. The van der Waals surface area contributed by atoms with Crippen molar-refractivity contribution in [2.75, 3.05) is 41.0 Å². The van der Waals surface area contributed by atoms with Crippen molar-refractivity contribution in [2.45, 2.75) is 19.8 Å². The van der Waals surface area contributed by atoms with Crippen molar-refractivity contribution in [1.29, 1.82) is 0 Å². The van der Waals surface area contributed by atoms with Crippen LogP contribution in [-0.4, -0.2) is 61.8 Å². The number of Topliss-reactive ketones (excluding diaryl/α,β-unsaturated/α-hetero) is 1. The van der Waals surface area contributed by atoms with Gasteiger partial charge in [0, 0.05) is 35.3 Å². The minimum absolute atomic E-state index is 0.135. The summed E-state index contributed by atoms with van der Waals surface area (Å²) in [6, 6.07) is 11.7. The van der Waals surface area contributed by atoms with Gasteiger partial charge in [0.1, 0.15) is 29.6 Å². The van der Waals surface area contributed by atoms with E-state index in [1.165, 1.54) is 0 Å². The van der Waals surface area contributed by atoms with Crippen LogP contribution >= 0.6 is 0 Å². The number of hydrogen-bond donors (Lipinski definition) is 1. The summed E-state index contributed by atoms with van der Waals surface area (Å²) in [6.45, 7) is 3.69. The van der Waals surface area contributed by atoms with Crippen LogP contribution in [0.5, 0.6) is 17.2 Å². The number of aryl methyl sites for hydroxylation is 1. The normalized spacial score (nSPS) is 15.1. The van der Waals surface area contributed by atoms with Crippen LogP contribution < -0.4 is 14.2 Å². The number of carbonyl (C=O) groups is 1. The molecule has 0 radical (unpaired) electrons. The number of benzene rings is 2. The third-order valence-electron chi connectivity index (χ3n) is 6.02. The Labute approximate surface area is 194 Å². The molecule has 1 aliphatic heterocycles. The van der Waals surface area contributed by atoms with E-state index in [9.17, 15) is 4.79 Å². The van der Waals surface area contributed by atoms with Gasteiger partial charge in [-0.2, -0.15) is 5.10 Å². The zero-order chi connectivity index (χ0) is 23.4. The first-order chi connectivity index (χ1) is 16.0. The number of nitrogens with one attached hydrogen (secondary N) is 1. The molecule has 2 heterocycles. The summed E-state index contributed by atoms with van der Waals surface area (Å²) >= 11 is 0. The van der Waals surface area contributed by atoms with E-state index >= 15 is 0 Å². The van der Waals surface area contributed by atoms with Crippen LogP contribution in [0.1, 0.15) is 16.8 Å². The highest BCUT2D eigenvalue weighted by Crippen LogP contribution is 2.36. The average molecular weight is 450 g/mol. The second-order valence-corrected chi connectivity index (χ2v) is 8.68. The van der Waals surface area contributed by atoms with Gasteiger partial charge in [0.15, 0.2) is 0 Å². The molecule has 0 fully saturated rings. The number of nitrogens with zero attached hydrogens (tertiary/aromatic N) is 2. The van der Waals surface area contributed by atoms with Crippen molar-refractivity contribution in [2.24, 2.45) is 5.92 Å². The summed E-state index contributed by atoms with van der Waals surface area (Å²) in [5.74, 6) is 2.21. The lowest BCUT2D eigenvalue weighted by atomic mass is 9.89. The molecule has 0 aliphatic carbocycles. The summed E-state index contributed by atoms with van der Waals surface area (Å²) in [6.07, 6.45) is 2.71. The van der Waals surface area contributed by atoms with E-state index < -0.39 is 0 Å². The van der Waals surface area contributed by atoms with Gasteiger partial charge in [-0.1, -0.05) is 18.2 Å². The lowest BCUT2D eigenvalue weighted by molar-refractivity contribution is -0.123. The van der Waals surface area contributed by atoms with E-state index in [-0.39, 0.29) is 11.7 Å². The van der Waals surface area contributed by atoms with E-state index in [0.717, 1.165) is 51.7 Å². The van der Waals surface area contributed by atoms with E-state index in [1.54, 1.807) is 7.11 Å². The van der Waals surface area contributed by atoms with Gasteiger partial charge in [-0.3, -0.25) is 9.89 Å². The fraction of sp³-hybridized carbons (Fsp3) is 0.385. The number of carbonyl (C=O) groups excluding carboxylic acids is 1. The second kappa shape index (κ2) is 10.1. The van der Waals surface area contributed by atoms with Crippen molar-refractivity contribution in [3.05, 3.63) is 59.4 Å². The molecule has 1 N–H and O–H groups in total. The van der Waals surface area contributed by atoms with Gasteiger partial charge in [-0.15, -0.1) is 0 Å². The number of methoxy groups -OCH3 is 1. The molecule has 174 valence electrons. The number of rotatable bonds is 9. The standard InChI is InChI=1S/C26H31N3O4/c1-17-22(15-27-28-17)18-8-9-19(26(14-18)32-11-10-29(2)3)13-23(30)20-12-21-24(31-4)6-5-7-25(21)33-16-20/h5-9,14-15,20H,10-13,16H2,1-4H3,(H,27,28). The van der Waals surface area contributed by atoms with E-state index in [1.807, 2.05) is 63.6 Å². The van der Waals surface area contributed by atoms with Gasteiger partial charge in [-0.25, -0.2) is 0 Å². The van der Waals surface area contributed by atoms with Crippen LogP contribution in [0.25, 0.3) is 11.1 Å². The average Bonchev–Trinajstić information content (AvgIpc) is 3.24. The molecule has 2 aromatic carbocycles. The minimum atomic E-state index is -0.223. The highest BCUT2D eigenvalue weighted by molar-refractivity contribution is 5.85. The Morgan fingerprint density at radius 2 is 2.09 bits per heavy atom. The molecule has 1 unspecified atom stereocenters. The third-order valence-corrected chi connectivity index (χ3v) is 6.02. The first-order valence-corrected chi connectivity index (χ1v) is 11.2. The van der Waals surface area contributed by atoms with Gasteiger partial charge in [0.2, 0.25) is 0 Å². The van der Waals surface area contributed by atoms with Crippen LogP contribution in [0, 0.1) is 12.8 Å². The van der Waals surface area contributed by atoms with Crippen LogP contribution in [-0.2, 0) is 17.6 Å². The molecule has 7 nitrogen and oxygen atoms in total. The Morgan fingerprint density at radius 1 is 1.24 bits per heavy atom. The van der Waals surface area contributed by atoms with Crippen LogP contribution in [0.4, 0.5) is 0 Å². The van der Waals surface area contributed by atoms with Crippen molar-refractivity contribution >= 4 is 5.78 Å². The fourth-order valence-corrected chi connectivity index (χ4v) is 4.09. The molecule has 0 saturated carbocycles. The predicted molar refractivity (Wildman–Crippen MR) is 127 cm³/mol. The molecular formula is C26H31N3O4. The number of fused-ring (bicyclic) bond motifs is 1. The highest BCUT2D eigenvalue weighted by Gasteiger charge is 2.28. The number of hydrogen-bond acceptors (Lipinski definition) is 6. The van der Waals surface area contributed by atoms with E-state index in [2.05, 4.69) is 15.1 Å². The molecule has 1 aromatic heterocycles. The molecule has 0 bridgehead atoms. The number of H-pyrrole nitrogens is 1. The summed E-state index contributed by atoms with van der Waals surface area (Å²) in [4.78, 5) is 15.3. The largest absolute Gasteiger partial charge is 0.496 e. The first kappa shape index (κ1) is 22.9. The van der Waals surface area contributed by atoms with Gasteiger partial charge in [-0.05, 0) is 51.2 Å². The van der Waals surface area contributed by atoms with Crippen molar-refractivity contribution in [3.63, 3.8) is 0 Å². The topological polar surface area (TPSA) is 76.7 Å². The summed E-state index contributed by atoms with van der Waals surface area (Å²) < 4.78 is 17.5. The zero-order valence-corrected chi connectivity index (χ0v) is 19.7. The third kappa shape index (κ3) is 5.20. The van der Waals surface area contributed by atoms with E-state index in [0.29, 0.717) is 26.1 Å². The van der Waals surface area contributed by atoms with Crippen LogP contribution in [0.3, 0.4) is 0 Å². The van der Waals surface area contributed by atoms with Crippen LogP contribution in [0.2, 0.25) is 0 Å². The SMILES string of the molecule is COc1cccc2c1CC(C(=O)Cc1ccc(-c3cn[nH]c3C)cc1OCCN(C)C)CO2. The summed E-state index contributed by atoms with van der Waals surface area (Å²) in [7, 11) is 5.66. The highest BCUT2D eigenvalue weighted by atomic mass is 16.5. The Bertz CT molecular complexity index is 1110. The van der Waals surface area contributed by atoms with Gasteiger partial charge in [0.05, 0.1) is 25.8 Å². The molecule has 1 atom stereocenters. The molecule has 3 aromatic rings. The Kier molecular flexibility index (Phi) is 6.99. The van der Waals surface area contributed by atoms with Crippen molar-refractivity contribution < 1.29 is 19.0 Å². The van der Waals surface area contributed by atoms with Gasteiger partial charge in [0.25, 0.3) is 0 Å². The maximum atomic E-state index is 13.3. The van der Waals surface area contributed by atoms with Crippen LogP contribution in [0.15, 0.2) is 42.6 Å². The maximum absolute atomic E-state index is 13.3. The molecule has 1 aliphatic rings. The zero-order valence-electron chi connectivity index (χ0n) is 19.7. The van der Waals surface area contributed by atoms with Gasteiger partial charge < -0.3 is 19.1 Å². The lowest BCUT2D eigenvalue weighted by Crippen LogP contribution is -2.29. The van der Waals surface area contributed by atoms with Crippen molar-refractivity contribution in [1.82, 2.24) is 15.1 Å². The molecule has 33 heavy (non-hydrogen) atoms. The number of likely N-dealkylation sites (N-methyl/N-ethyl adjacent to an activating group) is 1. The lowest BCUT2D eigenvalue weighted by Gasteiger charge is -2.26. The Morgan fingerprint density at radius 3 is 2.82 bits per heavy atom. The number of ether oxygens (including phenoxy) is 3. The molecular weight excluding hydrogens is 418 g/mol. The molecule has 0 amide bonds. The Balaban J connectivity index is 1.54. The second-order valence-electron chi connectivity index (χ2n) is 8.68. The minimum Gasteiger partial charge on any atom is -0.496 e. The quantitative estimate of drug-likeness (QED) is 0.537. The predicted octanol–water partition coefficient (Wildman–Crippen LogP) is 3.70. The first-order valence-electron chi connectivity index (χ1n) is 11.2. The number of aromatic amines is 1. The van der Waals surface area contributed by atoms with E-state index in [4.69, 9.17) is 14.2 Å². The fourth-order valence-electron chi connectivity index (χ4n) is 4.09. The number of aromatic nitrogens is 2. The van der Waals surface area contributed by atoms with Gasteiger partial charge >= 0.3 is 0 Å². The van der Waals surface area contributed by atoms with Crippen molar-refractivity contribution in [3.8, 4) is 28.4 Å². The summed E-state index contributed by atoms with van der Waals surface area (Å²) in [5.41, 5.74) is 4.86. The smallest absolute Gasteiger partial charge is 0.144 e. The maximum Gasteiger partial charge on any atom is 0.144 e. The molecule has 0 spiro atoms.